The highest BCUT2D eigenvalue weighted by Gasteiger charge is 2.30. The fraction of sp³-hybridized carbons (Fsp3) is 0.263. The second kappa shape index (κ2) is 7.59. The van der Waals surface area contributed by atoms with Crippen LogP contribution in [0.25, 0.3) is 11.1 Å². The number of hydrogen-bond acceptors (Lipinski definition) is 3. The van der Waals surface area contributed by atoms with Crippen molar-refractivity contribution < 1.29 is 22.8 Å². The van der Waals surface area contributed by atoms with Crippen LogP contribution in [0.1, 0.15) is 31.4 Å². The maximum Gasteiger partial charge on any atom is 0.416 e. The lowest BCUT2D eigenvalue weighted by molar-refractivity contribution is -0.384. The summed E-state index contributed by atoms with van der Waals surface area (Å²) in [6, 6.07) is 7.14. The molecule has 0 saturated carbocycles. The lowest BCUT2D eigenvalue weighted by Gasteiger charge is -2.13. The van der Waals surface area contributed by atoms with Crippen LogP contribution in [0.15, 0.2) is 48.2 Å². The molecule has 0 heterocycles. The molecule has 2 aromatic carbocycles. The number of nitro benzene ring substituents is 1. The van der Waals surface area contributed by atoms with Gasteiger partial charge in [0.15, 0.2) is 0 Å². The fourth-order valence-electron chi connectivity index (χ4n) is 2.29. The van der Waals surface area contributed by atoms with Crippen LogP contribution in [0.5, 0.6) is 5.75 Å². The molecule has 0 unspecified atom stereocenters. The van der Waals surface area contributed by atoms with E-state index in [-0.39, 0.29) is 5.69 Å². The Kier molecular flexibility index (Phi) is 5.69. The zero-order valence-corrected chi connectivity index (χ0v) is 14.6. The molecule has 0 aliphatic rings. The standard InChI is InChI=1S/C19H18F3NO3/c1-4-12(2)11-26-18-10-16(23(24)25)9-17(13(18)3)14-5-7-15(8-6-14)19(20,21)22/h5-11H,4H2,1-3H3/b12-11+. The first-order valence-electron chi connectivity index (χ1n) is 7.92. The number of non-ortho nitro benzene ring substituents is 1. The summed E-state index contributed by atoms with van der Waals surface area (Å²) in [5, 5.41) is 11.2. The van der Waals surface area contributed by atoms with Crippen LogP contribution in [0, 0.1) is 17.0 Å². The Bertz CT molecular complexity index is 840. The van der Waals surface area contributed by atoms with E-state index in [0.29, 0.717) is 22.4 Å². The fourth-order valence-corrected chi connectivity index (χ4v) is 2.29. The SMILES string of the molecule is CC/C(C)=C/Oc1cc([N+](=O)[O-])cc(-c2ccc(C(F)(F)F)cc2)c1C. The molecule has 26 heavy (non-hydrogen) atoms. The highest BCUT2D eigenvalue weighted by Crippen LogP contribution is 2.36. The van der Waals surface area contributed by atoms with Crippen LogP contribution in [-0.4, -0.2) is 4.92 Å². The molecule has 0 aliphatic carbocycles. The van der Waals surface area contributed by atoms with Crippen LogP contribution < -0.4 is 4.74 Å². The van der Waals surface area contributed by atoms with Gasteiger partial charge in [-0.2, -0.15) is 13.2 Å². The van der Waals surface area contributed by atoms with Crippen molar-refractivity contribution in [1.29, 1.82) is 0 Å². The van der Waals surface area contributed by atoms with E-state index in [0.717, 1.165) is 24.1 Å². The van der Waals surface area contributed by atoms with Gasteiger partial charge in [0.2, 0.25) is 0 Å². The quantitative estimate of drug-likeness (QED) is 0.356. The number of nitrogens with zero attached hydrogens (tertiary/aromatic N) is 1. The van der Waals surface area contributed by atoms with Crippen molar-refractivity contribution in [1.82, 2.24) is 0 Å². The third kappa shape index (κ3) is 4.41. The van der Waals surface area contributed by atoms with Crippen molar-refractivity contribution in [2.24, 2.45) is 0 Å². The molecule has 0 saturated heterocycles. The van der Waals surface area contributed by atoms with E-state index in [9.17, 15) is 23.3 Å². The highest BCUT2D eigenvalue weighted by molar-refractivity contribution is 5.73. The van der Waals surface area contributed by atoms with Crippen LogP contribution in [0.2, 0.25) is 0 Å². The summed E-state index contributed by atoms with van der Waals surface area (Å²) >= 11 is 0. The van der Waals surface area contributed by atoms with E-state index in [2.05, 4.69) is 0 Å². The first kappa shape index (κ1) is 19.5. The van der Waals surface area contributed by atoms with Crippen molar-refractivity contribution in [2.75, 3.05) is 0 Å². The van der Waals surface area contributed by atoms with Gasteiger partial charge in [0.25, 0.3) is 5.69 Å². The average Bonchev–Trinajstić information content (AvgIpc) is 2.59. The third-order valence-electron chi connectivity index (χ3n) is 4.02. The molecule has 0 fully saturated rings. The first-order chi connectivity index (χ1) is 12.1. The Balaban J connectivity index is 2.53. The van der Waals surface area contributed by atoms with Gasteiger partial charge in [0.1, 0.15) is 5.75 Å². The molecule has 0 aliphatic heterocycles. The number of nitro groups is 1. The van der Waals surface area contributed by atoms with E-state index in [1.807, 2.05) is 13.8 Å². The second-order valence-corrected chi connectivity index (χ2v) is 5.88. The molecule has 0 bridgehead atoms. The van der Waals surface area contributed by atoms with Crippen LogP contribution in [0.3, 0.4) is 0 Å². The van der Waals surface area contributed by atoms with Crippen molar-refractivity contribution >= 4 is 5.69 Å². The van der Waals surface area contributed by atoms with Gasteiger partial charge in [-0.25, -0.2) is 0 Å². The van der Waals surface area contributed by atoms with E-state index in [1.165, 1.54) is 30.5 Å². The molecule has 0 aromatic heterocycles. The van der Waals surface area contributed by atoms with Gasteiger partial charge >= 0.3 is 6.18 Å². The van der Waals surface area contributed by atoms with Gasteiger partial charge < -0.3 is 4.74 Å². The smallest absolute Gasteiger partial charge is 0.416 e. The number of rotatable bonds is 5. The number of allylic oxidation sites excluding steroid dienone is 1. The number of ether oxygens (including phenoxy) is 1. The molecule has 0 radical (unpaired) electrons. The topological polar surface area (TPSA) is 52.4 Å². The predicted octanol–water partition coefficient (Wildman–Crippen LogP) is 6.28. The summed E-state index contributed by atoms with van der Waals surface area (Å²) in [4.78, 5) is 10.7. The summed E-state index contributed by atoms with van der Waals surface area (Å²) in [7, 11) is 0. The highest BCUT2D eigenvalue weighted by atomic mass is 19.4. The first-order valence-corrected chi connectivity index (χ1v) is 7.92. The minimum absolute atomic E-state index is 0.192. The maximum atomic E-state index is 12.7. The Morgan fingerprint density at radius 2 is 1.85 bits per heavy atom. The van der Waals surface area contributed by atoms with Gasteiger partial charge in [-0.3, -0.25) is 10.1 Å². The molecule has 0 spiro atoms. The molecule has 0 amide bonds. The van der Waals surface area contributed by atoms with Crippen molar-refractivity contribution in [3.05, 3.63) is 69.5 Å². The van der Waals surface area contributed by atoms with Gasteiger partial charge in [-0.15, -0.1) is 0 Å². The van der Waals surface area contributed by atoms with Crippen molar-refractivity contribution in [2.45, 2.75) is 33.4 Å². The molecular formula is C19H18F3NO3. The summed E-state index contributed by atoms with van der Waals surface area (Å²) in [6.07, 6.45) is -2.16. The number of alkyl halides is 3. The maximum absolute atomic E-state index is 12.7. The lowest BCUT2D eigenvalue weighted by atomic mass is 9.98. The summed E-state index contributed by atoms with van der Waals surface area (Å²) in [5.74, 6) is 0.293. The minimum atomic E-state index is -4.44. The molecule has 0 N–H and O–H groups in total. The molecular weight excluding hydrogens is 347 g/mol. The predicted molar refractivity (Wildman–Crippen MR) is 92.9 cm³/mol. The molecule has 0 atom stereocenters. The molecule has 2 rings (SSSR count). The zero-order chi connectivity index (χ0) is 19.5. The molecule has 4 nitrogen and oxygen atoms in total. The zero-order valence-electron chi connectivity index (χ0n) is 14.6. The van der Waals surface area contributed by atoms with Crippen LogP contribution in [0.4, 0.5) is 18.9 Å². The van der Waals surface area contributed by atoms with Gasteiger partial charge in [0.05, 0.1) is 22.8 Å². The Morgan fingerprint density at radius 3 is 2.35 bits per heavy atom. The lowest BCUT2D eigenvalue weighted by Crippen LogP contribution is -2.04. The Labute approximate surface area is 149 Å². The van der Waals surface area contributed by atoms with Crippen molar-refractivity contribution in [3.63, 3.8) is 0 Å². The molecule has 2 aromatic rings. The van der Waals surface area contributed by atoms with Crippen molar-refractivity contribution in [3.8, 4) is 16.9 Å². The third-order valence-corrected chi connectivity index (χ3v) is 4.02. The van der Waals surface area contributed by atoms with E-state index >= 15 is 0 Å². The Morgan fingerprint density at radius 1 is 1.23 bits per heavy atom. The van der Waals surface area contributed by atoms with Gasteiger partial charge in [-0.1, -0.05) is 19.1 Å². The normalized spacial score (nSPS) is 12.2. The van der Waals surface area contributed by atoms with Gasteiger partial charge in [-0.05, 0) is 54.7 Å². The van der Waals surface area contributed by atoms with Crippen LogP contribution in [-0.2, 0) is 6.18 Å². The number of hydrogen-bond donors (Lipinski definition) is 0. The number of benzene rings is 2. The molecule has 7 heteroatoms. The van der Waals surface area contributed by atoms with Crippen LogP contribution >= 0.6 is 0 Å². The van der Waals surface area contributed by atoms with E-state index in [1.54, 1.807) is 6.92 Å². The van der Waals surface area contributed by atoms with Gasteiger partial charge in [0, 0.05) is 6.07 Å². The Hall–Kier alpha value is -2.83. The monoisotopic (exact) mass is 365 g/mol. The largest absolute Gasteiger partial charge is 0.465 e. The summed E-state index contributed by atoms with van der Waals surface area (Å²) in [6.45, 7) is 5.52. The average molecular weight is 365 g/mol. The van der Waals surface area contributed by atoms with E-state index < -0.39 is 16.7 Å². The number of halogens is 3. The minimum Gasteiger partial charge on any atom is -0.465 e. The second-order valence-electron chi connectivity index (χ2n) is 5.88. The summed E-state index contributed by atoms with van der Waals surface area (Å²) < 4.78 is 43.8. The molecule has 138 valence electrons. The summed E-state index contributed by atoms with van der Waals surface area (Å²) in [5.41, 5.74) is 1.48. The van der Waals surface area contributed by atoms with E-state index in [4.69, 9.17) is 4.74 Å².